The smallest absolute Gasteiger partial charge is 0.0732 e. The van der Waals surface area contributed by atoms with Gasteiger partial charge in [0.25, 0.3) is 0 Å². The molecule has 9 aromatic carbocycles. The summed E-state index contributed by atoms with van der Waals surface area (Å²) in [6.07, 6.45) is 0. The third-order valence-corrected chi connectivity index (χ3v) is 13.2. The van der Waals surface area contributed by atoms with E-state index in [1.807, 2.05) is 11.3 Å². The molecule has 55 heavy (non-hydrogen) atoms. The third-order valence-electron chi connectivity index (χ3n) is 12.0. The van der Waals surface area contributed by atoms with Crippen LogP contribution in [0.25, 0.3) is 64.3 Å². The van der Waals surface area contributed by atoms with Crippen LogP contribution in [0.3, 0.4) is 0 Å². The molecule has 1 unspecified atom stereocenters. The van der Waals surface area contributed by atoms with Gasteiger partial charge in [-0.3, -0.25) is 0 Å². The van der Waals surface area contributed by atoms with E-state index < -0.39 is 5.41 Å². The predicted molar refractivity (Wildman–Crippen MR) is 233 cm³/mol. The van der Waals surface area contributed by atoms with E-state index in [4.69, 9.17) is 0 Å². The highest BCUT2D eigenvalue weighted by atomic mass is 32.1. The number of anilines is 3. The van der Waals surface area contributed by atoms with Crippen molar-refractivity contribution in [2.75, 3.05) is 4.90 Å². The van der Waals surface area contributed by atoms with Gasteiger partial charge in [-0.2, -0.15) is 0 Å². The summed E-state index contributed by atoms with van der Waals surface area (Å²) in [6, 6.07) is 74.7. The zero-order valence-corrected chi connectivity index (χ0v) is 30.7. The quantitative estimate of drug-likeness (QED) is 0.175. The Morgan fingerprint density at radius 2 is 0.964 bits per heavy atom. The molecule has 0 fully saturated rings. The largest absolute Gasteiger partial charge is 0.310 e. The zero-order chi connectivity index (χ0) is 36.1. The summed E-state index contributed by atoms with van der Waals surface area (Å²) in [5, 5.41) is 5.23. The van der Waals surface area contributed by atoms with Crippen LogP contribution < -0.4 is 4.90 Å². The number of benzene rings is 9. The second-order valence-electron chi connectivity index (χ2n) is 14.8. The van der Waals surface area contributed by atoms with E-state index in [0.29, 0.717) is 0 Å². The van der Waals surface area contributed by atoms with Gasteiger partial charge in [-0.25, -0.2) is 0 Å². The Balaban J connectivity index is 1.19. The minimum Gasteiger partial charge on any atom is -0.310 e. The lowest BCUT2D eigenvalue weighted by Gasteiger charge is -2.41. The van der Waals surface area contributed by atoms with Crippen LogP contribution in [0.1, 0.15) is 22.3 Å². The molecule has 0 N–H and O–H groups in total. The van der Waals surface area contributed by atoms with E-state index in [1.54, 1.807) is 0 Å². The van der Waals surface area contributed by atoms with Gasteiger partial charge in [0.1, 0.15) is 0 Å². The van der Waals surface area contributed by atoms with Crippen LogP contribution in [-0.2, 0) is 5.41 Å². The van der Waals surface area contributed by atoms with E-state index in [2.05, 4.69) is 205 Å². The van der Waals surface area contributed by atoms with Crippen molar-refractivity contribution in [2.24, 2.45) is 0 Å². The number of fused-ring (bicyclic) bond motifs is 12. The summed E-state index contributed by atoms with van der Waals surface area (Å²) in [5.74, 6) is 0. The van der Waals surface area contributed by atoms with Crippen molar-refractivity contribution in [3.63, 3.8) is 0 Å². The highest BCUT2D eigenvalue weighted by Gasteiger charge is 2.51. The first-order chi connectivity index (χ1) is 27.3. The molecule has 0 amide bonds. The first-order valence-corrected chi connectivity index (χ1v) is 19.8. The van der Waals surface area contributed by atoms with Crippen LogP contribution in [-0.4, -0.2) is 0 Å². The maximum absolute atomic E-state index is 2.51. The van der Waals surface area contributed by atoms with Crippen LogP contribution in [0.5, 0.6) is 0 Å². The third kappa shape index (κ3) is 4.23. The Labute approximate surface area is 324 Å². The van der Waals surface area contributed by atoms with Gasteiger partial charge in [0.2, 0.25) is 0 Å². The molecule has 0 bridgehead atoms. The maximum atomic E-state index is 2.51. The molecular weight excluding hydrogens is 683 g/mol. The summed E-state index contributed by atoms with van der Waals surface area (Å²) >= 11 is 1.87. The average molecular weight is 716 g/mol. The van der Waals surface area contributed by atoms with E-state index in [9.17, 15) is 0 Å². The molecule has 0 radical (unpaired) electrons. The monoisotopic (exact) mass is 715 g/mol. The second kappa shape index (κ2) is 11.6. The number of rotatable bonds is 4. The molecule has 1 nitrogen and oxygen atoms in total. The molecule has 0 saturated carbocycles. The molecule has 1 heterocycles. The van der Waals surface area contributed by atoms with Crippen LogP contribution in [0.4, 0.5) is 17.1 Å². The van der Waals surface area contributed by atoms with E-state index in [-0.39, 0.29) is 0 Å². The van der Waals surface area contributed by atoms with Gasteiger partial charge in [0.05, 0.1) is 5.41 Å². The lowest BCUT2D eigenvalue weighted by molar-refractivity contribution is 0.775. The fourth-order valence-corrected chi connectivity index (χ4v) is 11.0. The van der Waals surface area contributed by atoms with Crippen molar-refractivity contribution >= 4 is 59.3 Å². The Kier molecular flexibility index (Phi) is 6.49. The number of hydrogen-bond donors (Lipinski definition) is 0. The van der Waals surface area contributed by atoms with Gasteiger partial charge >= 0.3 is 0 Å². The molecule has 10 aromatic rings. The molecular formula is C53H33NS. The van der Waals surface area contributed by atoms with Crippen molar-refractivity contribution in [3.05, 3.63) is 222 Å². The van der Waals surface area contributed by atoms with Gasteiger partial charge in [-0.05, 0) is 109 Å². The molecule has 1 spiro atoms. The van der Waals surface area contributed by atoms with Crippen LogP contribution >= 0.6 is 11.3 Å². The van der Waals surface area contributed by atoms with Crippen molar-refractivity contribution in [1.29, 1.82) is 0 Å². The minimum absolute atomic E-state index is 0.560. The standard InChI is InChI=1S/C53H33NS/c1-3-14-34(15-4-1)39-29-26-35-16-13-22-45-41-20-8-11-24-47(41)53(52(39)51(35)45)46-23-10-7-19-40(46)42-30-27-37(32-48(42)53)54(36-17-5-2-6-18-36)38-28-31-44-43-21-9-12-25-49(43)55-50(44)33-38/h1-33H. The SMILES string of the molecule is c1ccc(-c2ccc3cccc4c3c2C2(c3ccccc3-c3ccc(N(c5ccccc5)c5ccc6c(c5)sc5ccccc56)cc32)c2ccccc2-4)cc1. The highest BCUT2D eigenvalue weighted by molar-refractivity contribution is 7.25. The van der Waals surface area contributed by atoms with E-state index >= 15 is 0 Å². The molecule has 2 heteroatoms. The zero-order valence-electron chi connectivity index (χ0n) is 29.9. The lowest BCUT2D eigenvalue weighted by Crippen LogP contribution is -2.32. The predicted octanol–water partition coefficient (Wildman–Crippen LogP) is 14.7. The molecule has 2 aliphatic carbocycles. The molecule has 12 rings (SSSR count). The Morgan fingerprint density at radius 1 is 0.364 bits per heavy atom. The maximum Gasteiger partial charge on any atom is 0.0732 e. The van der Waals surface area contributed by atoms with Crippen molar-refractivity contribution < 1.29 is 0 Å². The molecule has 2 aliphatic rings. The van der Waals surface area contributed by atoms with Crippen molar-refractivity contribution in [2.45, 2.75) is 5.41 Å². The van der Waals surface area contributed by atoms with Crippen molar-refractivity contribution in [1.82, 2.24) is 0 Å². The van der Waals surface area contributed by atoms with Gasteiger partial charge < -0.3 is 4.90 Å². The van der Waals surface area contributed by atoms with Crippen LogP contribution in [0, 0.1) is 0 Å². The normalized spacial score (nSPS) is 15.0. The summed E-state index contributed by atoms with van der Waals surface area (Å²) in [4.78, 5) is 2.45. The first-order valence-electron chi connectivity index (χ1n) is 19.0. The summed E-state index contributed by atoms with van der Waals surface area (Å²) in [6.45, 7) is 0. The average Bonchev–Trinajstić information content (AvgIpc) is 3.76. The molecule has 0 aliphatic heterocycles. The lowest BCUT2D eigenvalue weighted by atomic mass is 9.60. The van der Waals surface area contributed by atoms with Gasteiger partial charge in [0, 0.05) is 37.2 Å². The van der Waals surface area contributed by atoms with E-state index in [1.165, 1.54) is 86.6 Å². The molecule has 1 atom stereocenters. The fourth-order valence-electron chi connectivity index (χ4n) is 9.88. The van der Waals surface area contributed by atoms with Crippen molar-refractivity contribution in [3.8, 4) is 33.4 Å². The van der Waals surface area contributed by atoms with Crippen LogP contribution in [0.2, 0.25) is 0 Å². The molecule has 0 saturated heterocycles. The molecule has 1 aromatic heterocycles. The first kappa shape index (κ1) is 30.7. The summed E-state index contributed by atoms with van der Waals surface area (Å²) in [5.41, 5.74) is 15.9. The van der Waals surface area contributed by atoms with Gasteiger partial charge in [-0.15, -0.1) is 11.3 Å². The Morgan fingerprint density at radius 3 is 1.78 bits per heavy atom. The number of para-hydroxylation sites is 1. The van der Waals surface area contributed by atoms with E-state index in [0.717, 1.165) is 17.1 Å². The number of nitrogens with zero attached hydrogens (tertiary/aromatic N) is 1. The fraction of sp³-hybridized carbons (Fsp3) is 0.0189. The topological polar surface area (TPSA) is 3.24 Å². The van der Waals surface area contributed by atoms with Gasteiger partial charge in [0.15, 0.2) is 0 Å². The van der Waals surface area contributed by atoms with Gasteiger partial charge in [-0.1, -0.05) is 158 Å². The Bertz CT molecular complexity index is 3160. The number of thiophene rings is 1. The minimum atomic E-state index is -0.560. The molecule has 256 valence electrons. The second-order valence-corrected chi connectivity index (χ2v) is 15.9. The summed E-state index contributed by atoms with van der Waals surface area (Å²) < 4.78 is 2.61. The Hall–Kier alpha value is -6.74. The van der Waals surface area contributed by atoms with Crippen LogP contribution in [0.15, 0.2) is 200 Å². The summed E-state index contributed by atoms with van der Waals surface area (Å²) in [7, 11) is 0. The number of hydrogen-bond acceptors (Lipinski definition) is 2. The highest BCUT2D eigenvalue weighted by Crippen LogP contribution is 2.64.